The monoisotopic (exact) mass is 814 g/mol. The molecule has 2 aliphatic rings. The van der Waals surface area contributed by atoms with Crippen molar-refractivity contribution in [2.45, 2.75) is 48.0 Å². The average Bonchev–Trinajstić information content (AvgIpc) is 3.79. The van der Waals surface area contributed by atoms with Gasteiger partial charge in [-0.25, -0.2) is 0 Å². The fourth-order valence-electron chi connectivity index (χ4n) is 10.3. The standard InChI is InChI=1S/2C26H21.C2H6Si.Zr/c2*1-17(2)21-15-20-10-7-13-24(25(20)16-21)26-22-11-5-3-8-18(22)14-19-9-4-6-12-23(19)26;1-3-2;/h2*3-17H,1-2H3;1-2H3;. The molecule has 0 aliphatic heterocycles. The van der Waals surface area contributed by atoms with Crippen molar-refractivity contribution in [3.63, 3.8) is 0 Å². The minimum absolute atomic E-state index is 0.488. The third kappa shape index (κ3) is 5.62. The van der Waals surface area contributed by atoms with Gasteiger partial charge in [-0.3, -0.25) is 0 Å². The molecule has 272 valence electrons. The zero-order chi connectivity index (χ0) is 38.2. The van der Waals surface area contributed by atoms with E-state index < -0.39 is 25.8 Å². The molecule has 2 aliphatic carbocycles. The second kappa shape index (κ2) is 14.1. The van der Waals surface area contributed by atoms with Crippen molar-refractivity contribution in [3.8, 4) is 22.3 Å². The molecular formula is C54H48SiZr. The molecule has 0 amide bonds. The van der Waals surface area contributed by atoms with Crippen LogP contribution in [0.2, 0.25) is 13.1 Å². The Labute approximate surface area is 339 Å². The molecule has 2 heteroatoms. The van der Waals surface area contributed by atoms with Gasteiger partial charge in [-0.2, -0.15) is 0 Å². The van der Waals surface area contributed by atoms with E-state index in [1.54, 1.807) is 22.3 Å². The maximum absolute atomic E-state index is 2.68. The third-order valence-electron chi connectivity index (χ3n) is 12.8. The summed E-state index contributed by atoms with van der Waals surface area (Å²) in [6.07, 6.45) is 5.35. The van der Waals surface area contributed by atoms with Crippen LogP contribution in [-0.2, 0) is 20.4 Å². The van der Waals surface area contributed by atoms with Crippen molar-refractivity contribution in [2.75, 3.05) is 0 Å². The predicted molar refractivity (Wildman–Crippen MR) is 242 cm³/mol. The van der Waals surface area contributed by atoms with E-state index in [9.17, 15) is 0 Å². The number of fused-ring (bicyclic) bond motifs is 6. The summed E-state index contributed by atoms with van der Waals surface area (Å²) < 4.78 is 1.11. The van der Waals surface area contributed by atoms with E-state index in [-0.39, 0.29) is 0 Å². The summed E-state index contributed by atoms with van der Waals surface area (Å²) in [4.78, 5) is 0. The van der Waals surface area contributed by atoms with Gasteiger partial charge in [-0.05, 0) is 0 Å². The molecule has 2 unspecified atom stereocenters. The zero-order valence-electron chi connectivity index (χ0n) is 33.3. The van der Waals surface area contributed by atoms with Gasteiger partial charge >= 0.3 is 342 Å². The van der Waals surface area contributed by atoms with E-state index in [2.05, 4.69) is 199 Å². The third-order valence-corrected chi connectivity index (χ3v) is 32.1. The van der Waals surface area contributed by atoms with E-state index in [0.29, 0.717) is 19.1 Å². The van der Waals surface area contributed by atoms with Gasteiger partial charge in [-0.1, -0.05) is 0 Å². The van der Waals surface area contributed by atoms with Crippen LogP contribution in [0.1, 0.15) is 57.2 Å². The van der Waals surface area contributed by atoms with Gasteiger partial charge < -0.3 is 0 Å². The van der Waals surface area contributed by atoms with Gasteiger partial charge in [0.05, 0.1) is 0 Å². The van der Waals surface area contributed by atoms with Crippen LogP contribution < -0.4 is 0 Å². The second-order valence-electron chi connectivity index (χ2n) is 16.9. The van der Waals surface area contributed by atoms with E-state index in [4.69, 9.17) is 0 Å². The Kier molecular flexibility index (Phi) is 9.00. The van der Waals surface area contributed by atoms with Crippen LogP contribution in [0.4, 0.5) is 0 Å². The van der Waals surface area contributed by atoms with Crippen molar-refractivity contribution in [1.29, 1.82) is 0 Å². The van der Waals surface area contributed by atoms with Gasteiger partial charge in [0.25, 0.3) is 0 Å². The Morgan fingerprint density at radius 3 is 1.09 bits per heavy atom. The number of hydrogen-bond donors (Lipinski definition) is 0. The number of hydrogen-bond acceptors (Lipinski definition) is 0. The Balaban J connectivity index is 1.20. The molecule has 2 atom stereocenters. The van der Waals surface area contributed by atoms with Crippen molar-refractivity contribution >= 4 is 60.7 Å². The fraction of sp³-hybridized carbons (Fsp3) is 0.185. The van der Waals surface area contributed by atoms with E-state index in [1.807, 2.05) is 0 Å². The normalized spacial score (nSPS) is 16.2. The van der Waals surface area contributed by atoms with Crippen molar-refractivity contribution in [2.24, 2.45) is 11.8 Å². The molecule has 10 rings (SSSR count). The Morgan fingerprint density at radius 1 is 0.429 bits per heavy atom. The van der Waals surface area contributed by atoms with Crippen molar-refractivity contribution in [3.05, 3.63) is 179 Å². The summed E-state index contributed by atoms with van der Waals surface area (Å²) >= 11 is -2.44. The molecule has 0 saturated heterocycles. The first-order valence-electron chi connectivity index (χ1n) is 20.5. The molecule has 0 heterocycles. The summed E-state index contributed by atoms with van der Waals surface area (Å²) in [5, 5.41) is 10.6. The van der Waals surface area contributed by atoms with E-state index in [1.165, 1.54) is 76.5 Å². The molecule has 0 N–H and O–H groups in total. The van der Waals surface area contributed by atoms with Gasteiger partial charge in [0.1, 0.15) is 0 Å². The fourth-order valence-corrected chi connectivity index (χ4v) is 31.3. The number of benzene rings is 8. The molecule has 0 nitrogen and oxygen atoms in total. The van der Waals surface area contributed by atoms with Crippen molar-refractivity contribution in [1.82, 2.24) is 0 Å². The average molecular weight is 816 g/mol. The predicted octanol–water partition coefficient (Wildman–Crippen LogP) is 15.4. The summed E-state index contributed by atoms with van der Waals surface area (Å²) in [7, 11) is 0. The minimum atomic E-state index is -2.44. The molecule has 0 bridgehead atoms. The number of rotatable bonds is 6. The zero-order valence-corrected chi connectivity index (χ0v) is 36.8. The van der Waals surface area contributed by atoms with Gasteiger partial charge in [0, 0.05) is 0 Å². The molecule has 0 fully saturated rings. The first kappa shape index (κ1) is 35.8. The first-order chi connectivity index (χ1) is 27.3. The molecule has 0 radical (unpaired) electrons. The van der Waals surface area contributed by atoms with Crippen molar-refractivity contribution < 1.29 is 20.4 Å². The Bertz CT molecular complexity index is 2700. The molecule has 8 aromatic rings. The maximum atomic E-state index is 2.68. The van der Waals surface area contributed by atoms with E-state index >= 15 is 0 Å². The topological polar surface area (TPSA) is 0 Å². The Morgan fingerprint density at radius 2 is 0.768 bits per heavy atom. The Hall–Kier alpha value is -4.62. The SMILES string of the molecule is CC(C)C1=Cc2c(-c3c4ccccc4cc4ccccc34)cccc2[CH]1[Zr]([CH]1C(C(C)C)=Cc2c(-c3c4ccccc4cc4ccccc34)cccc21)=[Si](C)C. The van der Waals surface area contributed by atoms with Gasteiger partial charge in [0.2, 0.25) is 0 Å². The summed E-state index contributed by atoms with van der Waals surface area (Å²) in [5.74, 6) is 0.976. The second-order valence-corrected chi connectivity index (χ2v) is 34.8. The molecule has 0 aromatic heterocycles. The molecule has 0 saturated carbocycles. The summed E-state index contributed by atoms with van der Waals surface area (Å²) in [6, 6.07) is 55.5. The van der Waals surface area contributed by atoms with Crippen LogP contribution in [0.25, 0.3) is 77.5 Å². The van der Waals surface area contributed by atoms with Gasteiger partial charge in [0.15, 0.2) is 0 Å². The number of allylic oxidation sites excluding steroid dienone is 2. The first-order valence-corrected chi connectivity index (χ1v) is 29.5. The molecule has 8 aromatic carbocycles. The van der Waals surface area contributed by atoms with Gasteiger partial charge in [-0.15, -0.1) is 0 Å². The van der Waals surface area contributed by atoms with Crippen LogP contribution in [0, 0.1) is 11.8 Å². The van der Waals surface area contributed by atoms with Crippen LogP contribution in [-0.4, -0.2) is 5.43 Å². The van der Waals surface area contributed by atoms with Crippen LogP contribution in [0.5, 0.6) is 0 Å². The summed E-state index contributed by atoms with van der Waals surface area (Å²) in [6.45, 7) is 15.2. The van der Waals surface area contributed by atoms with E-state index in [0.717, 1.165) is 0 Å². The summed E-state index contributed by atoms with van der Waals surface area (Å²) in [5.41, 5.74) is 14.5. The van der Waals surface area contributed by atoms with Crippen LogP contribution >= 0.6 is 0 Å². The molecule has 56 heavy (non-hydrogen) atoms. The molecular weight excluding hydrogens is 768 g/mol. The van der Waals surface area contributed by atoms with Crippen LogP contribution in [0.15, 0.2) is 157 Å². The van der Waals surface area contributed by atoms with Crippen LogP contribution in [0.3, 0.4) is 0 Å². The quantitative estimate of drug-likeness (QED) is 0.116. The molecule has 0 spiro atoms.